The smallest absolute Gasteiger partial charge is 0.370 e. The number of benzene rings is 1. The molecule has 1 N–H and O–H groups in total. The first-order valence-corrected chi connectivity index (χ1v) is 6.37. The van der Waals surface area contributed by atoms with Gasteiger partial charge in [0.25, 0.3) is 0 Å². The summed E-state index contributed by atoms with van der Waals surface area (Å²) in [6, 6.07) is 7.52. The number of ether oxygens (including phenoxy) is 1. The van der Waals surface area contributed by atoms with Crippen LogP contribution >= 0.6 is 0 Å². The summed E-state index contributed by atoms with van der Waals surface area (Å²) in [7, 11) is 0. The molecule has 0 radical (unpaired) electrons. The van der Waals surface area contributed by atoms with Crippen molar-refractivity contribution in [2.45, 2.75) is 32.5 Å². The van der Waals surface area contributed by atoms with E-state index in [2.05, 4.69) is 5.32 Å². The van der Waals surface area contributed by atoms with Gasteiger partial charge in [-0.3, -0.25) is 0 Å². The summed E-state index contributed by atoms with van der Waals surface area (Å²) < 4.78 is 41.0. The monoisotopic (exact) mass is 275 g/mol. The van der Waals surface area contributed by atoms with Gasteiger partial charge in [-0.05, 0) is 25.5 Å². The van der Waals surface area contributed by atoms with E-state index < -0.39 is 12.8 Å². The molecule has 0 heterocycles. The van der Waals surface area contributed by atoms with Crippen LogP contribution in [0.15, 0.2) is 24.3 Å². The molecule has 0 aliphatic heterocycles. The average Bonchev–Trinajstić information content (AvgIpc) is 2.33. The fourth-order valence-corrected chi connectivity index (χ4v) is 1.68. The summed E-state index contributed by atoms with van der Waals surface area (Å²) in [5.74, 6) is 0. The molecular formula is C14H20F3NO. The summed E-state index contributed by atoms with van der Waals surface area (Å²) in [5.41, 5.74) is 2.07. The van der Waals surface area contributed by atoms with Gasteiger partial charge < -0.3 is 10.1 Å². The van der Waals surface area contributed by atoms with Crippen LogP contribution in [-0.4, -0.2) is 25.9 Å². The van der Waals surface area contributed by atoms with E-state index >= 15 is 0 Å². The van der Waals surface area contributed by atoms with Crippen molar-refractivity contribution in [2.75, 3.05) is 19.8 Å². The van der Waals surface area contributed by atoms with Crippen molar-refractivity contribution in [2.24, 2.45) is 0 Å². The zero-order valence-corrected chi connectivity index (χ0v) is 11.3. The van der Waals surface area contributed by atoms with Crippen LogP contribution < -0.4 is 5.32 Å². The molecule has 0 saturated heterocycles. The number of nitrogens with one attached hydrogen (secondary N) is 1. The Morgan fingerprint density at radius 2 is 1.84 bits per heavy atom. The molecule has 5 heteroatoms. The molecule has 0 spiro atoms. The van der Waals surface area contributed by atoms with Gasteiger partial charge in [0.2, 0.25) is 0 Å². The molecule has 1 atom stereocenters. The van der Waals surface area contributed by atoms with Crippen molar-refractivity contribution in [1.82, 2.24) is 5.32 Å². The van der Waals surface area contributed by atoms with Crippen LogP contribution in [0.3, 0.4) is 0 Å². The fraction of sp³-hybridized carbons (Fsp3) is 0.571. The lowest BCUT2D eigenvalue weighted by molar-refractivity contribution is -0.175. The summed E-state index contributed by atoms with van der Waals surface area (Å²) in [5, 5.41) is 3.20. The Morgan fingerprint density at radius 3 is 2.37 bits per heavy atom. The minimum Gasteiger partial charge on any atom is -0.370 e. The Bertz CT molecular complexity index is 362. The maximum absolute atomic E-state index is 12.1. The molecule has 0 amide bonds. The van der Waals surface area contributed by atoms with E-state index in [4.69, 9.17) is 4.74 Å². The predicted molar refractivity (Wildman–Crippen MR) is 69.1 cm³/mol. The molecule has 1 aromatic rings. The number of hydrogen-bond donors (Lipinski definition) is 1. The summed E-state index contributed by atoms with van der Waals surface area (Å²) in [6.07, 6.45) is -3.36. The first-order valence-electron chi connectivity index (χ1n) is 6.37. The van der Waals surface area contributed by atoms with Gasteiger partial charge in [0.05, 0.1) is 12.6 Å². The fourth-order valence-electron chi connectivity index (χ4n) is 1.68. The molecule has 1 rings (SSSR count). The molecule has 0 aliphatic carbocycles. The Balaban J connectivity index is 2.58. The molecule has 0 bridgehead atoms. The highest BCUT2D eigenvalue weighted by atomic mass is 19.4. The van der Waals surface area contributed by atoms with Crippen LogP contribution in [-0.2, 0) is 4.74 Å². The zero-order valence-electron chi connectivity index (χ0n) is 11.3. The zero-order chi connectivity index (χ0) is 14.3. The highest BCUT2D eigenvalue weighted by Gasteiger charge is 2.28. The quantitative estimate of drug-likeness (QED) is 0.820. The lowest BCUT2D eigenvalue weighted by Gasteiger charge is -2.20. The summed E-state index contributed by atoms with van der Waals surface area (Å²) >= 11 is 0. The van der Waals surface area contributed by atoms with Gasteiger partial charge in [-0.25, -0.2) is 0 Å². The van der Waals surface area contributed by atoms with Gasteiger partial charge in [-0.2, -0.15) is 13.2 Å². The Labute approximate surface area is 112 Å². The van der Waals surface area contributed by atoms with Crippen LogP contribution in [0.1, 0.15) is 30.5 Å². The highest BCUT2D eigenvalue weighted by molar-refractivity contribution is 5.24. The van der Waals surface area contributed by atoms with Gasteiger partial charge >= 0.3 is 6.18 Å². The Kier molecular flexibility index (Phi) is 6.31. The van der Waals surface area contributed by atoms with Gasteiger partial charge in [-0.1, -0.05) is 36.8 Å². The van der Waals surface area contributed by atoms with Crippen molar-refractivity contribution < 1.29 is 17.9 Å². The van der Waals surface area contributed by atoms with Crippen molar-refractivity contribution in [1.29, 1.82) is 0 Å². The van der Waals surface area contributed by atoms with E-state index in [1.165, 1.54) is 0 Å². The lowest BCUT2D eigenvalue weighted by atomic mass is 10.1. The molecule has 108 valence electrons. The van der Waals surface area contributed by atoms with E-state index in [9.17, 15) is 13.2 Å². The maximum atomic E-state index is 12.1. The van der Waals surface area contributed by atoms with Crippen LogP contribution in [0.4, 0.5) is 13.2 Å². The summed E-state index contributed by atoms with van der Waals surface area (Å²) in [6.45, 7) is 3.54. The topological polar surface area (TPSA) is 21.3 Å². The largest absolute Gasteiger partial charge is 0.411 e. The van der Waals surface area contributed by atoms with Crippen LogP contribution in [0.5, 0.6) is 0 Å². The second kappa shape index (κ2) is 7.50. The van der Waals surface area contributed by atoms with Crippen molar-refractivity contribution in [3.05, 3.63) is 35.4 Å². The van der Waals surface area contributed by atoms with Crippen LogP contribution in [0.25, 0.3) is 0 Å². The van der Waals surface area contributed by atoms with E-state index in [1.807, 2.05) is 38.1 Å². The van der Waals surface area contributed by atoms with Crippen LogP contribution in [0, 0.1) is 6.92 Å². The minimum atomic E-state index is -4.28. The highest BCUT2D eigenvalue weighted by Crippen LogP contribution is 2.18. The second-order valence-electron chi connectivity index (χ2n) is 4.55. The average molecular weight is 275 g/mol. The van der Waals surface area contributed by atoms with E-state index in [0.717, 1.165) is 24.1 Å². The molecule has 0 aliphatic rings. The maximum Gasteiger partial charge on any atom is 0.411 e. The normalized spacial score (nSPS) is 13.5. The molecule has 2 nitrogen and oxygen atoms in total. The number of hydrogen-bond acceptors (Lipinski definition) is 2. The van der Waals surface area contributed by atoms with E-state index in [0.29, 0.717) is 0 Å². The minimum absolute atomic E-state index is 0.0164. The molecule has 0 fully saturated rings. The molecular weight excluding hydrogens is 255 g/mol. The Hall–Kier alpha value is -1.07. The Morgan fingerprint density at radius 1 is 1.21 bits per heavy atom. The van der Waals surface area contributed by atoms with E-state index in [1.54, 1.807) is 0 Å². The van der Waals surface area contributed by atoms with Crippen molar-refractivity contribution >= 4 is 0 Å². The predicted octanol–water partition coefficient (Wildman–Crippen LogP) is 3.61. The molecule has 0 aromatic heterocycles. The van der Waals surface area contributed by atoms with Crippen molar-refractivity contribution in [3.8, 4) is 0 Å². The third-order valence-electron chi connectivity index (χ3n) is 2.67. The van der Waals surface area contributed by atoms with Gasteiger partial charge in [0, 0.05) is 0 Å². The molecule has 0 saturated carbocycles. The lowest BCUT2D eigenvalue weighted by Crippen LogP contribution is -2.28. The molecule has 1 aromatic carbocycles. The SMILES string of the molecule is CCCNC(COCC(F)(F)F)c1ccc(C)cc1. The third kappa shape index (κ3) is 6.59. The standard InChI is InChI=1S/C14H20F3NO/c1-3-8-18-13(9-19-10-14(15,16)17)12-6-4-11(2)5-7-12/h4-7,13,18H,3,8-10H2,1-2H3. The van der Waals surface area contributed by atoms with E-state index in [-0.39, 0.29) is 12.6 Å². The number of rotatable bonds is 7. The van der Waals surface area contributed by atoms with Crippen LogP contribution in [0.2, 0.25) is 0 Å². The summed E-state index contributed by atoms with van der Waals surface area (Å²) in [4.78, 5) is 0. The first kappa shape index (κ1) is 16.0. The first-order chi connectivity index (χ1) is 8.92. The van der Waals surface area contributed by atoms with Crippen molar-refractivity contribution in [3.63, 3.8) is 0 Å². The molecule has 1 unspecified atom stereocenters. The van der Waals surface area contributed by atoms with Gasteiger partial charge in [-0.15, -0.1) is 0 Å². The number of halogens is 3. The number of aryl methyl sites for hydroxylation is 1. The second-order valence-corrected chi connectivity index (χ2v) is 4.55. The van der Waals surface area contributed by atoms with Gasteiger partial charge in [0.15, 0.2) is 0 Å². The van der Waals surface area contributed by atoms with Gasteiger partial charge in [0.1, 0.15) is 6.61 Å². The third-order valence-corrected chi connectivity index (χ3v) is 2.67. The molecule has 19 heavy (non-hydrogen) atoms. The number of alkyl halides is 3.